The fraction of sp³-hybridized carbons (Fsp3) is 0.240. The molecule has 0 spiro atoms. The molecule has 0 saturated carbocycles. The highest BCUT2D eigenvalue weighted by Crippen LogP contribution is 2.18. The van der Waals surface area contributed by atoms with Crippen molar-refractivity contribution in [3.63, 3.8) is 0 Å². The molecule has 0 aliphatic heterocycles. The van der Waals surface area contributed by atoms with E-state index in [0.717, 1.165) is 11.1 Å². The third-order valence-corrected chi connectivity index (χ3v) is 6.49. The number of rotatable bonds is 10. The lowest BCUT2D eigenvalue weighted by Crippen LogP contribution is -2.48. The summed E-state index contributed by atoms with van der Waals surface area (Å²) < 4.78 is 34.0. The molecule has 0 heterocycles. The van der Waals surface area contributed by atoms with Crippen LogP contribution in [0.5, 0.6) is 5.75 Å². The van der Waals surface area contributed by atoms with E-state index in [1.807, 2.05) is 74.5 Å². The van der Waals surface area contributed by atoms with Gasteiger partial charge in [-0.25, -0.2) is 8.42 Å². The van der Waals surface area contributed by atoms with Gasteiger partial charge in [0.05, 0.1) is 17.5 Å². The highest BCUT2D eigenvalue weighted by Gasteiger charge is 2.27. The van der Waals surface area contributed by atoms with Gasteiger partial charge in [-0.1, -0.05) is 60.7 Å². The molecular formula is C25H28N2O4S. The van der Waals surface area contributed by atoms with Crippen LogP contribution in [0.15, 0.2) is 89.8 Å². The first kappa shape index (κ1) is 23.5. The molecule has 0 radical (unpaired) electrons. The fourth-order valence-corrected chi connectivity index (χ4v) is 4.51. The molecule has 0 saturated heterocycles. The van der Waals surface area contributed by atoms with Gasteiger partial charge in [-0.05, 0) is 55.7 Å². The largest absolute Gasteiger partial charge is 0.494 e. The smallest absolute Gasteiger partial charge is 0.241 e. The molecule has 2 N–H and O–H groups in total. The minimum absolute atomic E-state index is 0.0722. The maximum atomic E-state index is 13.1. The van der Waals surface area contributed by atoms with Crippen molar-refractivity contribution in [1.82, 2.24) is 10.0 Å². The predicted octanol–water partition coefficient (Wildman–Crippen LogP) is 3.85. The summed E-state index contributed by atoms with van der Waals surface area (Å²) >= 11 is 0. The summed E-state index contributed by atoms with van der Waals surface area (Å²) in [5.41, 5.74) is 1.79. The molecule has 168 valence electrons. The number of benzene rings is 3. The Kier molecular flexibility index (Phi) is 8.03. The Morgan fingerprint density at radius 1 is 0.906 bits per heavy atom. The lowest BCUT2D eigenvalue weighted by molar-refractivity contribution is -0.123. The number of nitrogens with one attached hydrogen (secondary N) is 2. The van der Waals surface area contributed by atoms with Gasteiger partial charge >= 0.3 is 0 Å². The van der Waals surface area contributed by atoms with Crippen molar-refractivity contribution in [2.75, 3.05) is 6.61 Å². The van der Waals surface area contributed by atoms with Crippen LogP contribution in [-0.4, -0.2) is 27.0 Å². The van der Waals surface area contributed by atoms with Crippen molar-refractivity contribution in [1.29, 1.82) is 0 Å². The lowest BCUT2D eigenvalue weighted by Gasteiger charge is -2.22. The van der Waals surface area contributed by atoms with Gasteiger partial charge in [0.1, 0.15) is 11.8 Å². The second kappa shape index (κ2) is 10.9. The van der Waals surface area contributed by atoms with Gasteiger partial charge in [0.25, 0.3) is 0 Å². The zero-order valence-electron chi connectivity index (χ0n) is 18.2. The first-order valence-corrected chi connectivity index (χ1v) is 12.0. The van der Waals surface area contributed by atoms with Crippen molar-refractivity contribution in [3.05, 3.63) is 96.1 Å². The summed E-state index contributed by atoms with van der Waals surface area (Å²) in [5, 5.41) is 2.93. The molecule has 7 heteroatoms. The second-order valence-corrected chi connectivity index (χ2v) is 9.12. The molecule has 32 heavy (non-hydrogen) atoms. The van der Waals surface area contributed by atoms with Crippen LogP contribution in [0.2, 0.25) is 0 Å². The average Bonchev–Trinajstić information content (AvgIpc) is 2.80. The van der Waals surface area contributed by atoms with Gasteiger partial charge in [-0.15, -0.1) is 0 Å². The SMILES string of the molecule is CCOc1ccc(S(=O)(=O)N[C@H](Cc2ccccc2)C(=O)N[C@@H](C)c2ccccc2)cc1. The van der Waals surface area contributed by atoms with Crippen LogP contribution < -0.4 is 14.8 Å². The summed E-state index contributed by atoms with van der Waals surface area (Å²) in [6, 6.07) is 23.8. The Hall–Kier alpha value is -3.16. The molecule has 0 aromatic heterocycles. The summed E-state index contributed by atoms with van der Waals surface area (Å²) in [5.74, 6) is 0.196. The van der Waals surface area contributed by atoms with E-state index in [1.165, 1.54) is 12.1 Å². The molecule has 0 aliphatic carbocycles. The number of carbonyl (C=O) groups excluding carboxylic acids is 1. The molecule has 6 nitrogen and oxygen atoms in total. The van der Waals surface area contributed by atoms with E-state index >= 15 is 0 Å². The Morgan fingerprint density at radius 3 is 2.09 bits per heavy atom. The zero-order valence-corrected chi connectivity index (χ0v) is 19.0. The molecule has 0 bridgehead atoms. The van der Waals surface area contributed by atoms with Gasteiger partial charge in [-0.2, -0.15) is 4.72 Å². The van der Waals surface area contributed by atoms with E-state index in [2.05, 4.69) is 10.0 Å². The van der Waals surface area contributed by atoms with E-state index in [0.29, 0.717) is 12.4 Å². The molecule has 3 rings (SSSR count). The molecule has 1 amide bonds. The summed E-state index contributed by atoms with van der Waals surface area (Å²) in [7, 11) is -3.92. The van der Waals surface area contributed by atoms with Gasteiger partial charge in [0.15, 0.2) is 0 Å². The fourth-order valence-electron chi connectivity index (χ4n) is 3.31. The quantitative estimate of drug-likeness (QED) is 0.489. The Bertz CT molecular complexity index is 1100. The van der Waals surface area contributed by atoms with Crippen LogP contribution >= 0.6 is 0 Å². The van der Waals surface area contributed by atoms with Crippen molar-refractivity contribution in [2.24, 2.45) is 0 Å². The number of hydrogen-bond acceptors (Lipinski definition) is 4. The third-order valence-electron chi connectivity index (χ3n) is 5.00. The number of amides is 1. The number of carbonyl (C=O) groups is 1. The van der Waals surface area contributed by atoms with E-state index < -0.39 is 16.1 Å². The maximum absolute atomic E-state index is 13.1. The normalized spacial score (nSPS) is 13.2. The highest BCUT2D eigenvalue weighted by molar-refractivity contribution is 7.89. The standard InChI is InChI=1S/C25H28N2O4S/c1-3-31-22-14-16-23(17-15-22)32(29,30)27-24(18-20-10-6-4-7-11-20)25(28)26-19(2)21-12-8-5-9-13-21/h4-17,19,24,27H,3,18H2,1-2H3,(H,26,28)/t19-,24+/m0/s1. The third kappa shape index (κ3) is 6.42. The molecular weight excluding hydrogens is 424 g/mol. The molecule has 0 aliphatic rings. The number of sulfonamides is 1. The summed E-state index contributed by atoms with van der Waals surface area (Å²) in [6.45, 7) is 4.21. The second-order valence-electron chi connectivity index (χ2n) is 7.41. The highest BCUT2D eigenvalue weighted by atomic mass is 32.2. The molecule has 0 fully saturated rings. The molecule has 3 aromatic carbocycles. The summed E-state index contributed by atoms with van der Waals surface area (Å²) in [4.78, 5) is 13.2. The average molecular weight is 453 g/mol. The van der Waals surface area contributed by atoms with Gasteiger partial charge < -0.3 is 10.1 Å². The van der Waals surface area contributed by atoms with Crippen molar-refractivity contribution in [3.8, 4) is 5.75 Å². The Balaban J connectivity index is 1.80. The van der Waals surface area contributed by atoms with Crippen LogP contribution in [0, 0.1) is 0 Å². The maximum Gasteiger partial charge on any atom is 0.241 e. The van der Waals surface area contributed by atoms with E-state index in [4.69, 9.17) is 4.74 Å². The minimum Gasteiger partial charge on any atom is -0.494 e. The van der Waals surface area contributed by atoms with E-state index in [-0.39, 0.29) is 23.3 Å². The minimum atomic E-state index is -3.92. The zero-order chi connectivity index (χ0) is 23.0. The van der Waals surface area contributed by atoms with Gasteiger partial charge in [0, 0.05) is 0 Å². The van der Waals surface area contributed by atoms with Crippen LogP contribution in [0.3, 0.4) is 0 Å². The van der Waals surface area contributed by atoms with Gasteiger partial charge in [0.2, 0.25) is 15.9 Å². The lowest BCUT2D eigenvalue weighted by atomic mass is 10.0. The first-order valence-electron chi connectivity index (χ1n) is 10.5. The van der Waals surface area contributed by atoms with Crippen LogP contribution in [0.25, 0.3) is 0 Å². The van der Waals surface area contributed by atoms with E-state index in [1.54, 1.807) is 12.1 Å². The summed E-state index contributed by atoms with van der Waals surface area (Å²) in [6.07, 6.45) is 0.227. The van der Waals surface area contributed by atoms with Crippen LogP contribution in [-0.2, 0) is 21.2 Å². The van der Waals surface area contributed by atoms with Gasteiger partial charge in [-0.3, -0.25) is 4.79 Å². The van der Waals surface area contributed by atoms with E-state index in [9.17, 15) is 13.2 Å². The molecule has 0 unspecified atom stereocenters. The number of ether oxygens (including phenoxy) is 1. The van der Waals surface area contributed by atoms with Crippen molar-refractivity contribution in [2.45, 2.75) is 37.2 Å². The Labute approximate surface area is 189 Å². The van der Waals surface area contributed by atoms with Crippen molar-refractivity contribution < 1.29 is 17.9 Å². The van der Waals surface area contributed by atoms with Crippen molar-refractivity contribution >= 4 is 15.9 Å². The Morgan fingerprint density at radius 2 is 1.50 bits per heavy atom. The topological polar surface area (TPSA) is 84.5 Å². The van der Waals surface area contributed by atoms with Crippen LogP contribution in [0.4, 0.5) is 0 Å². The van der Waals surface area contributed by atoms with Crippen LogP contribution in [0.1, 0.15) is 31.0 Å². The monoisotopic (exact) mass is 452 g/mol. The number of hydrogen-bond donors (Lipinski definition) is 2. The molecule has 2 atom stereocenters. The molecule has 3 aromatic rings. The first-order chi connectivity index (χ1) is 15.4. The predicted molar refractivity (Wildman–Crippen MR) is 125 cm³/mol.